The van der Waals surface area contributed by atoms with Crippen molar-refractivity contribution in [3.8, 4) is 11.4 Å². The Balaban J connectivity index is 2.44. The molecular weight excluding hydrogens is 199 g/mol. The summed E-state index contributed by atoms with van der Waals surface area (Å²) >= 11 is 0. The summed E-state index contributed by atoms with van der Waals surface area (Å²) in [6, 6.07) is 4.44. The van der Waals surface area contributed by atoms with Crippen LogP contribution in [0.4, 0.5) is 4.39 Å². The Labute approximate surface area is 84.7 Å². The maximum atomic E-state index is 13.0. The van der Waals surface area contributed by atoms with Gasteiger partial charge in [0.2, 0.25) is 12.1 Å². The lowest BCUT2D eigenvalue weighted by Crippen LogP contribution is -1.86. The average molecular weight is 206 g/mol. The number of rotatable bonds is 2. The Morgan fingerprint density at radius 3 is 2.87 bits per heavy atom. The molecule has 1 aromatic carbocycles. The molecule has 1 aromatic heterocycles. The van der Waals surface area contributed by atoms with Gasteiger partial charge in [0, 0.05) is 5.56 Å². The second kappa shape index (κ2) is 3.61. The number of carbonyl (C=O) groups is 1. The van der Waals surface area contributed by atoms with Gasteiger partial charge in [-0.25, -0.2) is 4.39 Å². The quantitative estimate of drug-likeness (QED) is 0.705. The smallest absolute Gasteiger partial charge is 0.291 e. The Kier molecular flexibility index (Phi) is 2.29. The van der Waals surface area contributed by atoms with E-state index in [1.165, 1.54) is 12.1 Å². The summed E-state index contributed by atoms with van der Waals surface area (Å²) in [6.45, 7) is 1.64. The van der Waals surface area contributed by atoms with Gasteiger partial charge in [0.05, 0.1) is 0 Å². The van der Waals surface area contributed by atoms with Crippen LogP contribution in [0.2, 0.25) is 0 Å². The molecule has 0 atom stereocenters. The van der Waals surface area contributed by atoms with Crippen LogP contribution in [-0.4, -0.2) is 16.4 Å². The number of hydrogen-bond donors (Lipinski definition) is 0. The van der Waals surface area contributed by atoms with E-state index in [1.807, 2.05) is 0 Å². The summed E-state index contributed by atoms with van der Waals surface area (Å²) in [5.41, 5.74) is 1.11. The van der Waals surface area contributed by atoms with Crippen molar-refractivity contribution < 1.29 is 13.7 Å². The van der Waals surface area contributed by atoms with E-state index >= 15 is 0 Å². The fraction of sp³-hybridized carbons (Fsp3) is 0.100. The number of hydrogen-bond acceptors (Lipinski definition) is 4. The van der Waals surface area contributed by atoms with Gasteiger partial charge in [-0.05, 0) is 30.7 Å². The number of aldehydes is 1. The zero-order chi connectivity index (χ0) is 10.8. The highest BCUT2D eigenvalue weighted by atomic mass is 19.1. The van der Waals surface area contributed by atoms with Crippen LogP contribution in [0.5, 0.6) is 0 Å². The Morgan fingerprint density at radius 2 is 2.27 bits per heavy atom. The molecule has 4 nitrogen and oxygen atoms in total. The lowest BCUT2D eigenvalue weighted by atomic mass is 10.1. The molecule has 15 heavy (non-hydrogen) atoms. The second-order valence-electron chi connectivity index (χ2n) is 3.04. The second-order valence-corrected chi connectivity index (χ2v) is 3.04. The van der Waals surface area contributed by atoms with Gasteiger partial charge >= 0.3 is 0 Å². The topological polar surface area (TPSA) is 56.0 Å². The Bertz CT molecular complexity index is 508. The van der Waals surface area contributed by atoms with E-state index in [1.54, 1.807) is 13.0 Å². The molecule has 0 aliphatic heterocycles. The van der Waals surface area contributed by atoms with Crippen LogP contribution in [-0.2, 0) is 0 Å². The first-order valence-electron chi connectivity index (χ1n) is 4.26. The van der Waals surface area contributed by atoms with Gasteiger partial charge < -0.3 is 4.52 Å². The highest BCUT2D eigenvalue weighted by molar-refractivity contribution is 5.69. The van der Waals surface area contributed by atoms with E-state index < -0.39 is 0 Å². The lowest BCUT2D eigenvalue weighted by Gasteiger charge is -1.97. The van der Waals surface area contributed by atoms with Gasteiger partial charge in [0.25, 0.3) is 5.89 Å². The minimum atomic E-state index is -0.294. The maximum absolute atomic E-state index is 13.0. The van der Waals surface area contributed by atoms with Gasteiger partial charge in [0.1, 0.15) is 5.82 Å². The molecule has 0 N–H and O–H groups in total. The molecule has 1 heterocycles. The molecule has 0 radical (unpaired) electrons. The monoisotopic (exact) mass is 206 g/mol. The molecule has 0 unspecified atom stereocenters. The zero-order valence-corrected chi connectivity index (χ0v) is 7.90. The van der Waals surface area contributed by atoms with E-state index in [9.17, 15) is 9.18 Å². The number of aromatic nitrogens is 2. The summed E-state index contributed by atoms with van der Waals surface area (Å²) in [4.78, 5) is 14.1. The molecule has 0 amide bonds. The first-order chi connectivity index (χ1) is 7.20. The molecule has 5 heteroatoms. The SMILES string of the molecule is Cc1cc(-c2noc(C=O)n2)ccc1F. The first kappa shape index (κ1) is 9.51. The number of benzene rings is 1. The van der Waals surface area contributed by atoms with Gasteiger partial charge in [-0.2, -0.15) is 4.98 Å². The van der Waals surface area contributed by atoms with Crippen LogP contribution in [0.15, 0.2) is 22.7 Å². The molecule has 0 aliphatic rings. The lowest BCUT2D eigenvalue weighted by molar-refractivity contribution is 0.108. The Morgan fingerprint density at radius 1 is 1.47 bits per heavy atom. The Hall–Kier alpha value is -2.04. The van der Waals surface area contributed by atoms with Gasteiger partial charge in [-0.3, -0.25) is 4.79 Å². The fourth-order valence-electron chi connectivity index (χ4n) is 1.18. The van der Waals surface area contributed by atoms with E-state index in [0.29, 0.717) is 17.4 Å². The molecule has 0 spiro atoms. The number of halogens is 1. The highest BCUT2D eigenvalue weighted by Gasteiger charge is 2.08. The van der Waals surface area contributed by atoms with Crippen molar-refractivity contribution >= 4 is 6.29 Å². The molecule has 76 valence electrons. The van der Waals surface area contributed by atoms with E-state index in [4.69, 9.17) is 0 Å². The predicted octanol–water partition coefficient (Wildman–Crippen LogP) is 2.00. The molecule has 0 saturated carbocycles. The third kappa shape index (κ3) is 1.76. The molecular formula is C10H7FN2O2. The zero-order valence-electron chi connectivity index (χ0n) is 7.90. The van der Waals surface area contributed by atoms with Gasteiger partial charge in [-0.15, -0.1) is 0 Å². The third-order valence-electron chi connectivity index (χ3n) is 1.96. The van der Waals surface area contributed by atoms with Crippen molar-refractivity contribution in [2.24, 2.45) is 0 Å². The van der Waals surface area contributed by atoms with E-state index in [2.05, 4.69) is 14.7 Å². The standard InChI is InChI=1S/C10H7FN2O2/c1-6-4-7(2-3-8(6)11)10-12-9(5-14)15-13-10/h2-5H,1H3. The van der Waals surface area contributed by atoms with Gasteiger partial charge in [-0.1, -0.05) is 5.16 Å². The first-order valence-corrected chi connectivity index (χ1v) is 4.26. The molecule has 0 saturated heterocycles. The van der Waals surface area contributed by atoms with Crippen LogP contribution >= 0.6 is 0 Å². The van der Waals surface area contributed by atoms with Crippen LogP contribution < -0.4 is 0 Å². The molecule has 0 fully saturated rings. The fourth-order valence-corrected chi connectivity index (χ4v) is 1.18. The van der Waals surface area contributed by atoms with Crippen molar-refractivity contribution in [2.75, 3.05) is 0 Å². The number of carbonyl (C=O) groups excluding carboxylic acids is 1. The van der Waals surface area contributed by atoms with E-state index in [0.717, 1.165) is 0 Å². The summed E-state index contributed by atoms with van der Waals surface area (Å²) < 4.78 is 17.6. The predicted molar refractivity (Wildman–Crippen MR) is 49.8 cm³/mol. The summed E-state index contributed by atoms with van der Waals surface area (Å²) in [7, 11) is 0. The van der Waals surface area contributed by atoms with Gasteiger partial charge in [0.15, 0.2) is 0 Å². The van der Waals surface area contributed by atoms with Crippen LogP contribution in [0, 0.1) is 12.7 Å². The minimum absolute atomic E-state index is 0.0908. The normalized spacial score (nSPS) is 10.3. The average Bonchev–Trinajstić information content (AvgIpc) is 2.70. The maximum Gasteiger partial charge on any atom is 0.291 e. The van der Waals surface area contributed by atoms with Crippen molar-refractivity contribution in [2.45, 2.75) is 6.92 Å². The van der Waals surface area contributed by atoms with Crippen LogP contribution in [0.1, 0.15) is 16.2 Å². The van der Waals surface area contributed by atoms with Crippen molar-refractivity contribution in [3.05, 3.63) is 35.5 Å². The highest BCUT2D eigenvalue weighted by Crippen LogP contribution is 2.18. The largest absolute Gasteiger partial charge is 0.331 e. The van der Waals surface area contributed by atoms with Crippen LogP contribution in [0.3, 0.4) is 0 Å². The minimum Gasteiger partial charge on any atom is -0.331 e. The van der Waals surface area contributed by atoms with Crippen LogP contribution in [0.25, 0.3) is 11.4 Å². The molecule has 0 aliphatic carbocycles. The number of nitrogens with zero attached hydrogens (tertiary/aromatic N) is 2. The van der Waals surface area contributed by atoms with Crippen molar-refractivity contribution in [1.82, 2.24) is 10.1 Å². The summed E-state index contributed by atoms with van der Waals surface area (Å²) in [5, 5.41) is 3.59. The molecule has 2 rings (SSSR count). The van der Waals surface area contributed by atoms with E-state index in [-0.39, 0.29) is 17.5 Å². The summed E-state index contributed by atoms with van der Waals surface area (Å²) in [5.74, 6) is -0.106. The molecule has 2 aromatic rings. The molecule has 0 bridgehead atoms. The number of aryl methyl sites for hydroxylation is 1. The van der Waals surface area contributed by atoms with Crippen molar-refractivity contribution in [3.63, 3.8) is 0 Å². The third-order valence-corrected chi connectivity index (χ3v) is 1.96. The van der Waals surface area contributed by atoms with Crippen molar-refractivity contribution in [1.29, 1.82) is 0 Å². The summed E-state index contributed by atoms with van der Waals surface area (Å²) in [6.07, 6.45) is 0.465.